The summed E-state index contributed by atoms with van der Waals surface area (Å²) >= 11 is 0. The lowest BCUT2D eigenvalue weighted by Gasteiger charge is -2.31. The third kappa shape index (κ3) is 3.50. The Morgan fingerprint density at radius 2 is 2.00 bits per heavy atom. The van der Waals surface area contributed by atoms with Crippen molar-refractivity contribution < 1.29 is 4.74 Å². The van der Waals surface area contributed by atoms with E-state index >= 15 is 0 Å². The van der Waals surface area contributed by atoms with Gasteiger partial charge < -0.3 is 4.74 Å². The van der Waals surface area contributed by atoms with Crippen LogP contribution in [0.4, 0.5) is 0 Å². The maximum absolute atomic E-state index is 5.44. The van der Waals surface area contributed by atoms with E-state index in [4.69, 9.17) is 4.74 Å². The van der Waals surface area contributed by atoms with Gasteiger partial charge in [0.15, 0.2) is 0 Å². The van der Waals surface area contributed by atoms with Gasteiger partial charge in [-0.05, 0) is 43.5 Å². The first kappa shape index (κ1) is 15.1. The first-order valence-corrected chi connectivity index (χ1v) is 6.31. The van der Waals surface area contributed by atoms with Crippen LogP contribution in [0.25, 0.3) is 0 Å². The van der Waals surface area contributed by atoms with Gasteiger partial charge in [-0.2, -0.15) is 0 Å². The average molecular weight is 268 g/mol. The van der Waals surface area contributed by atoms with Gasteiger partial charge in [-0.15, -0.1) is 19.0 Å². The Bertz CT molecular complexity index is 373. The zero-order chi connectivity index (χ0) is 12.1. The van der Waals surface area contributed by atoms with Gasteiger partial charge in [0.25, 0.3) is 0 Å². The first-order valence-electron chi connectivity index (χ1n) is 6.31. The average Bonchev–Trinajstić information content (AvgIpc) is 2.40. The van der Waals surface area contributed by atoms with Crippen LogP contribution in [0.1, 0.15) is 24.3 Å². The van der Waals surface area contributed by atoms with Crippen LogP contribution in [0.15, 0.2) is 36.9 Å². The monoisotopic (exact) mass is 267 g/mol. The summed E-state index contributed by atoms with van der Waals surface area (Å²) in [4.78, 5) is 2.46. The van der Waals surface area contributed by atoms with Crippen molar-refractivity contribution in [3.63, 3.8) is 0 Å². The Morgan fingerprint density at radius 1 is 1.33 bits per heavy atom. The molecule has 2 rings (SSSR count). The summed E-state index contributed by atoms with van der Waals surface area (Å²) in [6.07, 6.45) is 4.42. The maximum atomic E-state index is 5.44. The summed E-state index contributed by atoms with van der Waals surface area (Å²) in [7, 11) is 1.76. The predicted octanol–water partition coefficient (Wildman–Crippen LogP) is 3.48. The molecule has 1 aromatic carbocycles. The minimum Gasteiger partial charge on any atom is -0.496 e. The van der Waals surface area contributed by atoms with Crippen molar-refractivity contribution in [3.05, 3.63) is 42.5 Å². The molecule has 1 aromatic rings. The maximum Gasteiger partial charge on any atom is 0.122 e. The number of hydrogen-bond donors (Lipinski definition) is 0. The van der Waals surface area contributed by atoms with E-state index in [9.17, 15) is 0 Å². The molecule has 0 aliphatic carbocycles. The molecule has 1 aliphatic heterocycles. The molecule has 18 heavy (non-hydrogen) atoms. The van der Waals surface area contributed by atoms with Crippen molar-refractivity contribution in [3.8, 4) is 5.75 Å². The van der Waals surface area contributed by atoms with Gasteiger partial charge in [-0.1, -0.05) is 24.3 Å². The highest BCUT2D eigenvalue weighted by Crippen LogP contribution is 2.33. The Balaban J connectivity index is 0.00000162. The van der Waals surface area contributed by atoms with E-state index in [1.54, 1.807) is 7.11 Å². The Labute approximate surface area is 116 Å². The molecule has 0 aromatic heterocycles. The molecule has 0 radical (unpaired) electrons. The zero-order valence-electron chi connectivity index (χ0n) is 11.0. The van der Waals surface area contributed by atoms with Crippen molar-refractivity contribution in [2.45, 2.75) is 18.8 Å². The summed E-state index contributed by atoms with van der Waals surface area (Å²) in [6.45, 7) is 7.13. The molecule has 0 amide bonds. The molecule has 1 heterocycles. The SMILES string of the molecule is C=CCN1CCC(c2ccccc2OC)CC1.Cl. The highest BCUT2D eigenvalue weighted by molar-refractivity contribution is 5.85. The fourth-order valence-corrected chi connectivity index (χ4v) is 2.61. The fourth-order valence-electron chi connectivity index (χ4n) is 2.61. The number of hydrogen-bond acceptors (Lipinski definition) is 2. The van der Waals surface area contributed by atoms with Crippen LogP contribution in [-0.4, -0.2) is 31.6 Å². The molecule has 1 saturated heterocycles. The van der Waals surface area contributed by atoms with Crippen LogP contribution >= 0.6 is 12.4 Å². The second-order valence-corrected chi connectivity index (χ2v) is 4.61. The number of benzene rings is 1. The predicted molar refractivity (Wildman–Crippen MR) is 78.9 cm³/mol. The minimum absolute atomic E-state index is 0. The smallest absolute Gasteiger partial charge is 0.122 e. The van der Waals surface area contributed by atoms with Crippen LogP contribution in [-0.2, 0) is 0 Å². The van der Waals surface area contributed by atoms with Gasteiger partial charge in [-0.25, -0.2) is 0 Å². The summed E-state index contributed by atoms with van der Waals surface area (Å²) in [6, 6.07) is 8.40. The number of nitrogens with zero attached hydrogens (tertiary/aromatic N) is 1. The highest BCUT2D eigenvalue weighted by Gasteiger charge is 2.21. The summed E-state index contributed by atoms with van der Waals surface area (Å²) in [5, 5.41) is 0. The molecule has 0 N–H and O–H groups in total. The fraction of sp³-hybridized carbons (Fsp3) is 0.467. The van der Waals surface area contributed by atoms with E-state index in [0.717, 1.165) is 25.4 Å². The molecular formula is C15H22ClNO. The molecule has 0 unspecified atom stereocenters. The van der Waals surface area contributed by atoms with Gasteiger partial charge in [0.05, 0.1) is 7.11 Å². The normalized spacial score (nSPS) is 16.9. The summed E-state index contributed by atoms with van der Waals surface area (Å²) < 4.78 is 5.44. The third-order valence-corrected chi connectivity index (χ3v) is 3.55. The van der Waals surface area contributed by atoms with Gasteiger partial charge in [0.1, 0.15) is 5.75 Å². The summed E-state index contributed by atoms with van der Waals surface area (Å²) in [5.41, 5.74) is 1.37. The van der Waals surface area contributed by atoms with E-state index in [-0.39, 0.29) is 12.4 Å². The third-order valence-electron chi connectivity index (χ3n) is 3.55. The highest BCUT2D eigenvalue weighted by atomic mass is 35.5. The van der Waals surface area contributed by atoms with E-state index in [1.165, 1.54) is 18.4 Å². The molecular weight excluding hydrogens is 246 g/mol. The number of halogens is 1. The van der Waals surface area contributed by atoms with E-state index in [1.807, 2.05) is 12.1 Å². The van der Waals surface area contributed by atoms with E-state index in [0.29, 0.717) is 5.92 Å². The van der Waals surface area contributed by atoms with Crippen molar-refractivity contribution in [1.82, 2.24) is 4.90 Å². The molecule has 0 spiro atoms. The van der Waals surface area contributed by atoms with Gasteiger partial charge in [0.2, 0.25) is 0 Å². The Kier molecular flexibility index (Phi) is 6.23. The lowest BCUT2D eigenvalue weighted by molar-refractivity contribution is 0.230. The second-order valence-electron chi connectivity index (χ2n) is 4.61. The topological polar surface area (TPSA) is 12.5 Å². The van der Waals surface area contributed by atoms with Crippen molar-refractivity contribution in [2.75, 3.05) is 26.7 Å². The van der Waals surface area contributed by atoms with Gasteiger partial charge >= 0.3 is 0 Å². The molecule has 100 valence electrons. The largest absolute Gasteiger partial charge is 0.496 e. The van der Waals surface area contributed by atoms with Gasteiger partial charge in [0, 0.05) is 6.54 Å². The number of likely N-dealkylation sites (tertiary alicyclic amines) is 1. The quantitative estimate of drug-likeness (QED) is 0.775. The summed E-state index contributed by atoms with van der Waals surface area (Å²) in [5.74, 6) is 1.68. The van der Waals surface area contributed by atoms with Crippen molar-refractivity contribution >= 4 is 12.4 Å². The number of ether oxygens (including phenoxy) is 1. The zero-order valence-corrected chi connectivity index (χ0v) is 11.8. The first-order chi connectivity index (χ1) is 8.35. The standard InChI is InChI=1S/C15H21NO.ClH/c1-3-10-16-11-8-13(9-12-16)14-6-4-5-7-15(14)17-2;/h3-7,13H,1,8-12H2,2H3;1H. The number of para-hydroxylation sites is 1. The van der Waals surface area contributed by atoms with Crippen LogP contribution in [0.5, 0.6) is 5.75 Å². The number of methoxy groups -OCH3 is 1. The van der Waals surface area contributed by atoms with Crippen LogP contribution in [0, 0.1) is 0 Å². The van der Waals surface area contributed by atoms with Crippen molar-refractivity contribution in [1.29, 1.82) is 0 Å². The number of piperidine rings is 1. The van der Waals surface area contributed by atoms with Gasteiger partial charge in [-0.3, -0.25) is 4.90 Å². The molecule has 0 bridgehead atoms. The van der Waals surface area contributed by atoms with Crippen LogP contribution in [0.3, 0.4) is 0 Å². The Morgan fingerprint density at radius 3 is 2.61 bits per heavy atom. The Hall–Kier alpha value is -0.990. The lowest BCUT2D eigenvalue weighted by atomic mass is 9.89. The molecule has 2 nitrogen and oxygen atoms in total. The van der Waals surface area contributed by atoms with Crippen LogP contribution < -0.4 is 4.74 Å². The van der Waals surface area contributed by atoms with Crippen molar-refractivity contribution in [2.24, 2.45) is 0 Å². The molecule has 0 atom stereocenters. The molecule has 1 aliphatic rings. The van der Waals surface area contributed by atoms with E-state index < -0.39 is 0 Å². The molecule has 0 saturated carbocycles. The molecule has 1 fully saturated rings. The molecule has 3 heteroatoms. The van der Waals surface area contributed by atoms with Crippen LogP contribution in [0.2, 0.25) is 0 Å². The number of rotatable bonds is 4. The van der Waals surface area contributed by atoms with E-state index in [2.05, 4.69) is 29.7 Å². The second kappa shape index (κ2) is 7.45. The lowest BCUT2D eigenvalue weighted by Crippen LogP contribution is -2.33. The minimum atomic E-state index is 0.